The quantitative estimate of drug-likeness (QED) is 0.505. The largest absolute Gasteiger partial charge is 0.342 e. The van der Waals surface area contributed by atoms with E-state index in [1.165, 1.54) is 6.92 Å². The lowest BCUT2D eigenvalue weighted by Crippen LogP contribution is -2.59. The second-order valence-electron chi connectivity index (χ2n) is 11.9. The van der Waals surface area contributed by atoms with E-state index in [1.807, 2.05) is 73.0 Å². The monoisotopic (exact) mass is 535 g/mol. The van der Waals surface area contributed by atoms with Gasteiger partial charge in [0.15, 0.2) is 0 Å². The molecule has 2 heterocycles. The lowest BCUT2D eigenvalue weighted by molar-refractivity contribution is -0.141. The molecule has 2 aromatic rings. The number of likely N-dealkylation sites (N-methyl/N-ethyl adjacent to an activating group) is 1. The first kappa shape index (κ1) is 28.5. The molecule has 2 aromatic carbocycles. The van der Waals surface area contributed by atoms with Gasteiger partial charge in [0.05, 0.1) is 18.1 Å². The standard InChI is InChI=1S/C30H41N5O4/c1-18(31-6)28(38)33-27(30(3,4)5)29(39)34-15-14-24-26(34)21(17-35(24)19(2)36)16-25(37)32-23-13-9-11-20-10-7-8-12-22(20)23/h7-13,18,21,24,26-27,31H,14-17H2,1-6H3,(H,32,37)(H,33,38). The highest BCUT2D eigenvalue weighted by molar-refractivity contribution is 6.02. The van der Waals surface area contributed by atoms with Crippen molar-refractivity contribution in [2.75, 3.05) is 25.5 Å². The van der Waals surface area contributed by atoms with Gasteiger partial charge in [0, 0.05) is 43.4 Å². The molecule has 5 unspecified atom stereocenters. The molecule has 0 bridgehead atoms. The normalized spacial score (nSPS) is 22.4. The van der Waals surface area contributed by atoms with Gasteiger partial charge in [-0.3, -0.25) is 19.2 Å². The fraction of sp³-hybridized carbons (Fsp3) is 0.533. The molecule has 2 aliphatic rings. The van der Waals surface area contributed by atoms with Crippen molar-refractivity contribution in [3.05, 3.63) is 42.5 Å². The van der Waals surface area contributed by atoms with Crippen LogP contribution in [0.2, 0.25) is 0 Å². The molecule has 0 aliphatic carbocycles. The maximum atomic E-state index is 14.0. The number of fused-ring (bicyclic) bond motifs is 2. The Morgan fingerprint density at radius 2 is 1.72 bits per heavy atom. The number of hydrogen-bond acceptors (Lipinski definition) is 5. The van der Waals surface area contributed by atoms with Crippen LogP contribution < -0.4 is 16.0 Å². The zero-order chi connectivity index (χ0) is 28.5. The molecule has 0 radical (unpaired) electrons. The van der Waals surface area contributed by atoms with E-state index in [4.69, 9.17) is 0 Å². The molecule has 2 saturated heterocycles. The third-order valence-corrected chi connectivity index (χ3v) is 8.16. The smallest absolute Gasteiger partial charge is 0.246 e. The molecule has 210 valence electrons. The third kappa shape index (κ3) is 5.93. The highest BCUT2D eigenvalue weighted by atomic mass is 16.2. The van der Waals surface area contributed by atoms with Crippen molar-refractivity contribution < 1.29 is 19.2 Å². The molecule has 0 saturated carbocycles. The summed E-state index contributed by atoms with van der Waals surface area (Å²) < 4.78 is 0. The van der Waals surface area contributed by atoms with E-state index in [0.717, 1.165) is 16.5 Å². The molecule has 2 fully saturated rings. The minimum Gasteiger partial charge on any atom is -0.342 e. The average molecular weight is 536 g/mol. The molecule has 4 amide bonds. The third-order valence-electron chi connectivity index (χ3n) is 8.16. The summed E-state index contributed by atoms with van der Waals surface area (Å²) in [5, 5.41) is 10.9. The first-order valence-electron chi connectivity index (χ1n) is 13.7. The molecule has 2 aliphatic heterocycles. The van der Waals surface area contributed by atoms with Gasteiger partial charge in [-0.05, 0) is 37.3 Å². The van der Waals surface area contributed by atoms with Crippen LogP contribution in [-0.4, -0.2) is 77.7 Å². The van der Waals surface area contributed by atoms with Gasteiger partial charge in [0.2, 0.25) is 23.6 Å². The molecule has 0 spiro atoms. The Labute approximate surface area is 230 Å². The second kappa shape index (κ2) is 11.3. The van der Waals surface area contributed by atoms with Gasteiger partial charge in [-0.2, -0.15) is 0 Å². The zero-order valence-electron chi connectivity index (χ0n) is 23.8. The second-order valence-corrected chi connectivity index (χ2v) is 11.9. The Balaban J connectivity index is 1.56. The Morgan fingerprint density at radius 1 is 1.03 bits per heavy atom. The Hall–Kier alpha value is -3.46. The van der Waals surface area contributed by atoms with Crippen LogP contribution >= 0.6 is 0 Å². The first-order valence-corrected chi connectivity index (χ1v) is 13.7. The van der Waals surface area contributed by atoms with E-state index in [2.05, 4.69) is 16.0 Å². The SMILES string of the molecule is CNC(C)C(=O)NC(C(=O)N1CCC2C1C(CC(=O)Nc1cccc3ccccc13)CN2C(C)=O)C(C)(C)C. The molecule has 3 N–H and O–H groups in total. The lowest BCUT2D eigenvalue weighted by atomic mass is 9.85. The van der Waals surface area contributed by atoms with Crippen LogP contribution in [0.25, 0.3) is 10.8 Å². The maximum absolute atomic E-state index is 14.0. The molecular formula is C30H41N5O4. The van der Waals surface area contributed by atoms with Crippen molar-refractivity contribution in [3.63, 3.8) is 0 Å². The number of amides is 4. The molecule has 9 heteroatoms. The molecule has 39 heavy (non-hydrogen) atoms. The van der Waals surface area contributed by atoms with E-state index < -0.39 is 17.5 Å². The Bertz CT molecular complexity index is 1250. The van der Waals surface area contributed by atoms with Gasteiger partial charge in [-0.25, -0.2) is 0 Å². The number of nitrogens with zero attached hydrogens (tertiary/aromatic N) is 2. The molecular weight excluding hydrogens is 494 g/mol. The maximum Gasteiger partial charge on any atom is 0.246 e. The van der Waals surface area contributed by atoms with Crippen molar-refractivity contribution >= 4 is 40.1 Å². The van der Waals surface area contributed by atoms with Crippen molar-refractivity contribution in [3.8, 4) is 0 Å². The summed E-state index contributed by atoms with van der Waals surface area (Å²) in [4.78, 5) is 56.2. The van der Waals surface area contributed by atoms with E-state index in [-0.39, 0.29) is 48.1 Å². The number of benzene rings is 2. The predicted octanol–water partition coefficient (Wildman–Crippen LogP) is 2.76. The summed E-state index contributed by atoms with van der Waals surface area (Å²) in [6.07, 6.45) is 0.830. The summed E-state index contributed by atoms with van der Waals surface area (Å²) in [5.74, 6) is -0.836. The van der Waals surface area contributed by atoms with Gasteiger partial charge in [0.1, 0.15) is 6.04 Å². The van der Waals surface area contributed by atoms with Gasteiger partial charge in [-0.1, -0.05) is 57.2 Å². The van der Waals surface area contributed by atoms with Gasteiger partial charge in [0.25, 0.3) is 0 Å². The van der Waals surface area contributed by atoms with Crippen LogP contribution in [0.3, 0.4) is 0 Å². The molecule has 5 atom stereocenters. The van der Waals surface area contributed by atoms with Crippen LogP contribution in [0.5, 0.6) is 0 Å². The van der Waals surface area contributed by atoms with Crippen molar-refractivity contribution in [2.24, 2.45) is 11.3 Å². The minimum absolute atomic E-state index is 0.0558. The minimum atomic E-state index is -0.740. The van der Waals surface area contributed by atoms with Crippen LogP contribution in [0.15, 0.2) is 42.5 Å². The highest BCUT2D eigenvalue weighted by Crippen LogP contribution is 2.39. The van der Waals surface area contributed by atoms with E-state index in [1.54, 1.807) is 14.0 Å². The number of likely N-dealkylation sites (tertiary alicyclic amines) is 2. The number of hydrogen-bond donors (Lipinski definition) is 3. The topological polar surface area (TPSA) is 111 Å². The van der Waals surface area contributed by atoms with Crippen LogP contribution in [0.4, 0.5) is 5.69 Å². The summed E-state index contributed by atoms with van der Waals surface area (Å²) >= 11 is 0. The molecule has 9 nitrogen and oxygen atoms in total. The molecule has 4 rings (SSSR count). The van der Waals surface area contributed by atoms with Gasteiger partial charge >= 0.3 is 0 Å². The van der Waals surface area contributed by atoms with Crippen LogP contribution in [-0.2, 0) is 19.2 Å². The number of rotatable bonds is 7. The van der Waals surface area contributed by atoms with Gasteiger partial charge < -0.3 is 25.8 Å². The number of carbonyl (C=O) groups is 4. The Kier molecular flexibility index (Phi) is 8.30. The zero-order valence-corrected chi connectivity index (χ0v) is 23.8. The number of nitrogens with one attached hydrogen (secondary N) is 3. The predicted molar refractivity (Wildman–Crippen MR) is 152 cm³/mol. The van der Waals surface area contributed by atoms with Gasteiger partial charge in [-0.15, -0.1) is 0 Å². The summed E-state index contributed by atoms with van der Waals surface area (Å²) in [6.45, 7) is 9.97. The van der Waals surface area contributed by atoms with Crippen molar-refractivity contribution in [2.45, 2.75) is 71.6 Å². The Morgan fingerprint density at radius 3 is 2.38 bits per heavy atom. The fourth-order valence-electron chi connectivity index (χ4n) is 5.99. The van der Waals surface area contributed by atoms with Crippen molar-refractivity contribution in [1.82, 2.24) is 20.4 Å². The lowest BCUT2D eigenvalue weighted by Gasteiger charge is -2.37. The average Bonchev–Trinajstić information content (AvgIpc) is 3.47. The fourth-order valence-corrected chi connectivity index (χ4v) is 5.99. The van der Waals surface area contributed by atoms with Crippen LogP contribution in [0.1, 0.15) is 47.5 Å². The summed E-state index contributed by atoms with van der Waals surface area (Å²) in [7, 11) is 1.70. The summed E-state index contributed by atoms with van der Waals surface area (Å²) in [6, 6.07) is 12.0. The first-order chi connectivity index (χ1) is 18.4. The summed E-state index contributed by atoms with van der Waals surface area (Å²) in [5.41, 5.74) is 0.211. The van der Waals surface area contributed by atoms with E-state index >= 15 is 0 Å². The molecule has 0 aromatic heterocycles. The van der Waals surface area contributed by atoms with E-state index in [9.17, 15) is 19.2 Å². The van der Waals surface area contributed by atoms with E-state index in [0.29, 0.717) is 19.5 Å². The van der Waals surface area contributed by atoms with Crippen LogP contribution in [0, 0.1) is 11.3 Å². The number of carbonyl (C=O) groups excluding carboxylic acids is 4. The number of anilines is 1. The highest BCUT2D eigenvalue weighted by Gasteiger charge is 2.53. The van der Waals surface area contributed by atoms with Crippen molar-refractivity contribution in [1.29, 1.82) is 0 Å².